The normalized spacial score (nSPS) is 17.6. The Morgan fingerprint density at radius 1 is 0.778 bits per heavy atom. The van der Waals surface area contributed by atoms with Crippen LogP contribution in [0.25, 0.3) is 16.6 Å². The lowest BCUT2D eigenvalue weighted by atomic mass is 9.81. The van der Waals surface area contributed by atoms with Crippen LogP contribution in [0.3, 0.4) is 0 Å². The fraction of sp³-hybridized carbons (Fsp3) is 0.617. The van der Waals surface area contributed by atoms with Gasteiger partial charge in [0.15, 0.2) is 11.4 Å². The highest BCUT2D eigenvalue weighted by Gasteiger charge is 2.51. The number of ketones is 2. The maximum atomic E-state index is 15.5. The van der Waals surface area contributed by atoms with E-state index in [0.717, 1.165) is 23.1 Å². The zero-order chi connectivity index (χ0) is 84.2. The lowest BCUT2D eigenvalue weighted by Gasteiger charge is -2.36. The van der Waals surface area contributed by atoms with Crippen molar-refractivity contribution in [2.24, 2.45) is 17.8 Å². The highest BCUT2D eigenvalue weighted by Crippen LogP contribution is 2.48. The second kappa shape index (κ2) is 45.3. The molecule has 4 aliphatic heterocycles. The van der Waals surface area contributed by atoms with Gasteiger partial charge in [0.2, 0.25) is 29.5 Å². The fourth-order valence-corrected chi connectivity index (χ4v) is 14.6. The molecule has 2 aromatic heterocycles. The van der Waals surface area contributed by atoms with Gasteiger partial charge in [-0.3, -0.25) is 43.4 Å². The van der Waals surface area contributed by atoms with Gasteiger partial charge < -0.3 is 78.1 Å². The van der Waals surface area contributed by atoms with E-state index in [1.165, 1.54) is 11.0 Å². The number of aryl methyl sites for hydroxylation is 1. The van der Waals surface area contributed by atoms with E-state index in [9.17, 15) is 61.5 Å². The first kappa shape index (κ1) is 91.9. The number of pyridine rings is 1. The van der Waals surface area contributed by atoms with Gasteiger partial charge in [-0.25, -0.2) is 36.9 Å². The fourth-order valence-electron chi connectivity index (χ4n) is 14.0. The van der Waals surface area contributed by atoms with Crippen molar-refractivity contribution < 1.29 is 118 Å². The van der Waals surface area contributed by atoms with Crippen LogP contribution in [0, 0.1) is 30.5 Å². The lowest BCUT2D eigenvalue weighted by Crippen LogP contribution is -2.49. The molecule has 9 rings (SSSR count). The molecule has 0 radical (unpaired) electrons. The van der Waals surface area contributed by atoms with Crippen LogP contribution in [-0.2, 0) is 144 Å². The smallest absolute Gasteiger partial charge is 0.411 e. The SMILES string of the molecule is CC[C@@]1(O)C(=O)OC(=O)C2=C1C=C1c3nc4cc(F)c(C)c5c4c(c3CN1C2)[C@@H](NC(=O)COCN(CCS(C)(=O)=O)C(=O)OCc1ccc(CC(=O)[C@H](C)NC(=O)[C@@H](CC(=O)CCOCCOCCOCCOCCOCCOCCOCCOCCn2cc(CNC(=O)CCCCCN3C(=O)CC(C)C3=O)nn2)C(C)C)cc1)CC5. The Morgan fingerprint density at radius 2 is 1.40 bits per heavy atom. The molecule has 1 saturated heterocycles. The molecule has 6 amide bonds. The predicted molar refractivity (Wildman–Crippen MR) is 418 cm³/mol. The Hall–Kier alpha value is -8.95. The number of esters is 2. The molecule has 4 aromatic rings. The maximum absolute atomic E-state index is 15.5. The standard InChI is InChI=1S/C81H111FN10O24S/c1-8-81(103)64-43-68-75-63(48-90(68)47-62(64)78(100)116-79(81)101)74-66(18-17-60-54(5)65(82)44-67(86-75)73(60)74)85-71(96)50-114-51-89(22-39-117(7,104)105)80(102)115-49-57-15-13-56(14-16-57)41-69(94)55(6)84-76(98)61(52(2)3)42-59(93)19-23-106-25-27-108-29-31-110-33-35-112-37-38-113-36-34-111-32-30-109-28-26-107-24-21-91-46-58(87-88-91)45-83-70(95)12-10-9-11-20-92-72(97)40-53(4)77(92)99/h13-16,43-44,46,52-53,55,61,66,103H,8-12,17-42,45,47-51H2,1-7H3,(H,83,95)(H,84,98)(H,85,96)/t53?,55-,61-,66-,81-/m0/s1. The van der Waals surface area contributed by atoms with E-state index in [2.05, 4.69) is 26.3 Å². The van der Waals surface area contributed by atoms with Gasteiger partial charge in [0.05, 0.1) is 172 Å². The van der Waals surface area contributed by atoms with E-state index in [-0.39, 0.29) is 130 Å². The average Bonchev–Trinajstić information content (AvgIpc) is 1.60. The highest BCUT2D eigenvalue weighted by molar-refractivity contribution is 7.90. The minimum atomic E-state index is -3.58. The van der Waals surface area contributed by atoms with E-state index in [1.54, 1.807) is 68.9 Å². The molecule has 5 aliphatic rings. The predicted octanol–water partition coefficient (Wildman–Crippen LogP) is 4.37. The second-order valence-electron chi connectivity index (χ2n) is 29.9. The molecule has 642 valence electrons. The van der Waals surface area contributed by atoms with Gasteiger partial charge in [-0.1, -0.05) is 63.6 Å². The number of rotatable bonds is 54. The van der Waals surface area contributed by atoms with Crippen molar-refractivity contribution in [2.75, 3.05) is 151 Å². The Balaban J connectivity index is 0.561. The summed E-state index contributed by atoms with van der Waals surface area (Å²) in [5.41, 5.74) is 3.76. The number of unbranched alkanes of at least 4 members (excludes halogenated alkanes) is 2. The number of aliphatic hydroxyl groups is 1. The van der Waals surface area contributed by atoms with Crippen LogP contribution < -0.4 is 16.0 Å². The number of halogens is 1. The van der Waals surface area contributed by atoms with Gasteiger partial charge in [-0.05, 0) is 85.8 Å². The number of carbonyl (C=O) groups is 10. The molecular formula is C81H111FN10O24S. The Labute approximate surface area is 680 Å². The number of nitrogens with one attached hydrogen (secondary N) is 3. The van der Waals surface area contributed by atoms with E-state index >= 15 is 4.39 Å². The molecule has 2 aromatic carbocycles. The van der Waals surface area contributed by atoms with Gasteiger partial charge in [0.25, 0.3) is 0 Å². The summed E-state index contributed by atoms with van der Waals surface area (Å²) in [5, 5.41) is 28.9. The summed E-state index contributed by atoms with van der Waals surface area (Å²) in [6.45, 7) is 15.8. The van der Waals surface area contributed by atoms with Crippen LogP contribution in [0.4, 0.5) is 9.18 Å². The van der Waals surface area contributed by atoms with Gasteiger partial charge >= 0.3 is 18.0 Å². The van der Waals surface area contributed by atoms with Crippen molar-refractivity contribution >= 4 is 85.6 Å². The molecule has 1 unspecified atom stereocenters. The number of fused-ring (bicyclic) bond motifs is 4. The summed E-state index contributed by atoms with van der Waals surface area (Å²) in [6.07, 6.45) is 6.78. The van der Waals surface area contributed by atoms with E-state index in [4.69, 9.17) is 57.1 Å². The third-order valence-electron chi connectivity index (χ3n) is 20.8. The number of carbonyl (C=O) groups excluding carboxylic acids is 10. The van der Waals surface area contributed by atoms with Gasteiger partial charge in [0, 0.05) is 92.4 Å². The van der Waals surface area contributed by atoms with E-state index in [1.807, 2.05) is 18.7 Å². The summed E-state index contributed by atoms with van der Waals surface area (Å²) in [5.74, 6) is -5.78. The summed E-state index contributed by atoms with van der Waals surface area (Å²) in [4.78, 5) is 138. The van der Waals surface area contributed by atoms with Crippen molar-refractivity contribution in [1.82, 2.24) is 50.6 Å². The number of nitrogens with zero attached hydrogens (tertiary/aromatic N) is 7. The molecule has 34 nitrogen and oxygen atoms in total. The first-order chi connectivity index (χ1) is 56.1. The third-order valence-corrected chi connectivity index (χ3v) is 21.7. The Morgan fingerprint density at radius 3 is 2.01 bits per heavy atom. The number of hydrogen-bond donors (Lipinski definition) is 4. The van der Waals surface area contributed by atoms with E-state index < -0.39 is 88.2 Å². The molecule has 1 aliphatic carbocycles. The van der Waals surface area contributed by atoms with Gasteiger partial charge in [0.1, 0.15) is 47.1 Å². The molecule has 6 heterocycles. The number of hydrogen-bond acceptors (Lipinski definition) is 28. The number of likely N-dealkylation sites (tertiary alicyclic amines) is 1. The number of cyclic esters (lactones) is 2. The lowest BCUT2D eigenvalue weighted by molar-refractivity contribution is -0.172. The molecule has 117 heavy (non-hydrogen) atoms. The van der Waals surface area contributed by atoms with Crippen molar-refractivity contribution in [3.8, 4) is 0 Å². The van der Waals surface area contributed by atoms with Crippen LogP contribution in [-0.4, -0.2) is 270 Å². The molecule has 5 atom stereocenters. The molecule has 0 spiro atoms. The summed E-state index contributed by atoms with van der Waals surface area (Å²) >= 11 is 0. The largest absolute Gasteiger partial charge is 0.444 e. The number of aromatic nitrogens is 4. The first-order valence-corrected chi connectivity index (χ1v) is 42.0. The monoisotopic (exact) mass is 1660 g/mol. The number of ether oxygens (including phenoxy) is 11. The maximum Gasteiger partial charge on any atom is 0.411 e. The summed E-state index contributed by atoms with van der Waals surface area (Å²) in [6, 6.07) is 6.45. The van der Waals surface area contributed by atoms with Crippen LogP contribution in [0.15, 0.2) is 53.8 Å². The van der Waals surface area contributed by atoms with Crippen LogP contribution >= 0.6 is 0 Å². The number of Topliss-reactive ketones (excluding diaryl/α,β-unsaturated/α-hetero) is 2. The van der Waals surface area contributed by atoms with Gasteiger partial charge in [-0.15, -0.1) is 5.10 Å². The van der Waals surface area contributed by atoms with Crippen LogP contribution in [0.1, 0.15) is 143 Å². The van der Waals surface area contributed by atoms with Crippen molar-refractivity contribution in [1.29, 1.82) is 0 Å². The summed E-state index contributed by atoms with van der Waals surface area (Å²) < 4.78 is 103. The summed E-state index contributed by atoms with van der Waals surface area (Å²) in [7, 11) is -3.58. The zero-order valence-corrected chi connectivity index (χ0v) is 68.7. The third kappa shape index (κ3) is 27.0. The number of sulfone groups is 1. The zero-order valence-electron chi connectivity index (χ0n) is 67.8. The molecule has 0 saturated carbocycles. The van der Waals surface area contributed by atoms with Crippen molar-refractivity contribution in [3.05, 3.63) is 104 Å². The molecular weight excluding hydrogens is 1550 g/mol. The van der Waals surface area contributed by atoms with Crippen LogP contribution in [0.2, 0.25) is 0 Å². The minimum Gasteiger partial charge on any atom is -0.444 e. The molecule has 1 fully saturated rings. The second-order valence-corrected chi connectivity index (χ2v) is 32.2. The topological polar surface area (TPSA) is 416 Å². The minimum absolute atomic E-state index is 0.00897. The van der Waals surface area contributed by atoms with Gasteiger partial charge in [-0.2, -0.15) is 0 Å². The quantitative estimate of drug-likeness (QED) is 0.0157. The molecule has 0 bridgehead atoms. The number of imide groups is 1. The van der Waals surface area contributed by atoms with Crippen LogP contribution in [0.5, 0.6) is 0 Å². The first-order valence-electron chi connectivity index (χ1n) is 40.0. The number of amides is 6. The average molecular weight is 1660 g/mol. The molecule has 4 N–H and O–H groups in total. The number of benzene rings is 2. The Bertz CT molecular complexity index is 4330. The highest BCUT2D eigenvalue weighted by atomic mass is 32.2. The molecule has 36 heteroatoms. The van der Waals surface area contributed by atoms with Crippen molar-refractivity contribution in [3.63, 3.8) is 0 Å². The van der Waals surface area contributed by atoms with E-state index in [0.29, 0.717) is 193 Å². The Kier molecular flexibility index (Phi) is 35.6. The van der Waals surface area contributed by atoms with Crippen molar-refractivity contribution in [2.45, 2.75) is 156 Å².